The average Bonchev–Trinajstić information content (AvgIpc) is 3.53. The number of nitrogens with zero attached hydrogens (tertiary/aromatic N) is 7. The molecule has 5 heterocycles. The van der Waals surface area contributed by atoms with E-state index < -0.39 is 48.2 Å². The minimum absolute atomic E-state index is 0.0624. The summed E-state index contributed by atoms with van der Waals surface area (Å²) in [5, 5.41) is 24.4. The van der Waals surface area contributed by atoms with Gasteiger partial charge in [0.2, 0.25) is 11.5 Å². The Hall–Kier alpha value is -4.03. The molecule has 2 aliphatic rings. The highest BCUT2D eigenvalue weighted by atomic mass is 32.2. The van der Waals surface area contributed by atoms with Crippen LogP contribution in [0.15, 0.2) is 57.5 Å². The molecule has 0 spiro atoms. The first kappa shape index (κ1) is 27.5. The van der Waals surface area contributed by atoms with Crippen molar-refractivity contribution in [3.63, 3.8) is 0 Å². The number of allylic oxidation sites excluding steroid dienone is 1. The first-order valence-corrected chi connectivity index (χ1v) is 14.2. The van der Waals surface area contributed by atoms with E-state index in [1.165, 1.54) is 23.5 Å². The lowest BCUT2D eigenvalue weighted by atomic mass is 10.0. The molecule has 2 atom stereocenters. The molecule has 0 bridgehead atoms. The zero-order valence-corrected chi connectivity index (χ0v) is 23.0. The van der Waals surface area contributed by atoms with Crippen molar-refractivity contribution in [2.45, 2.75) is 16.4 Å². The lowest BCUT2D eigenvalue weighted by molar-refractivity contribution is -0.644. The molecule has 2 aliphatic heterocycles. The second-order valence-electron chi connectivity index (χ2n) is 8.24. The molecule has 1 fully saturated rings. The fourth-order valence-corrected chi connectivity index (χ4v) is 6.33. The molecule has 1 saturated heterocycles. The predicted octanol–water partition coefficient (Wildman–Crippen LogP) is -1.01. The first-order valence-electron chi connectivity index (χ1n) is 11.5. The Kier molecular flexibility index (Phi) is 7.99. The number of β-lactam (4-membered cyclic amide) rings is 1. The number of imidazole rings is 1. The number of amides is 2. The van der Waals surface area contributed by atoms with Gasteiger partial charge >= 0.3 is 5.65 Å². The Morgan fingerprint density at radius 2 is 2.27 bits per heavy atom. The highest BCUT2D eigenvalue weighted by molar-refractivity contribution is 8.02. The smallest absolute Gasteiger partial charge is 0.306 e. The van der Waals surface area contributed by atoms with Crippen molar-refractivity contribution in [3.05, 3.63) is 53.1 Å². The summed E-state index contributed by atoms with van der Waals surface area (Å²) in [5.74, 6) is -2.94. The molecule has 208 valence electrons. The molecule has 0 radical (unpaired) electrons. The van der Waals surface area contributed by atoms with E-state index in [-0.39, 0.29) is 22.4 Å². The van der Waals surface area contributed by atoms with Crippen LogP contribution in [0.3, 0.4) is 0 Å². The highest BCUT2D eigenvalue weighted by Gasteiger charge is 2.53. The number of rotatable bonds is 10. The fraction of sp³-hybridized carbons (Fsp3) is 0.273. The first-order chi connectivity index (χ1) is 19.3. The quantitative estimate of drug-likeness (QED) is 0.0721. The molecule has 14 nitrogen and oxygen atoms in total. The third kappa shape index (κ3) is 5.36. The maximum absolute atomic E-state index is 13.0. The molecule has 0 aliphatic carbocycles. The molecule has 18 heteroatoms. The van der Waals surface area contributed by atoms with Crippen LogP contribution in [0.1, 0.15) is 5.82 Å². The van der Waals surface area contributed by atoms with Crippen LogP contribution in [-0.2, 0) is 26.3 Å². The zero-order chi connectivity index (χ0) is 28.4. The summed E-state index contributed by atoms with van der Waals surface area (Å²) in [4.78, 5) is 47.7. The van der Waals surface area contributed by atoms with Gasteiger partial charge in [0.25, 0.3) is 11.8 Å². The standard InChI is InChI=1S/C22H20FN9O5S3/c1-30-6-7-31-13(30)3-2-12(27-31)38-9-4-11-10-39-20-15(19(34)32(20)16(11)21(35)36)25-18(33)14(28-37-8-5-23)17-26-22(24)40-29-17/h2-4,6-7,9,15,20H,5,8,10H2,1H3,(H3-,24,25,26,29,33,35,36)/b9-4+,28-14-/t15-,20-/m1/s1. The van der Waals surface area contributed by atoms with Crippen molar-refractivity contribution in [1.29, 1.82) is 0 Å². The van der Waals surface area contributed by atoms with E-state index in [0.717, 1.165) is 22.1 Å². The Bertz CT molecular complexity index is 1590. The number of aryl methyl sites for hydroxylation is 1. The summed E-state index contributed by atoms with van der Waals surface area (Å²) in [6.45, 7) is -1.25. The molecular formula is C22H20FN9O5S3. The third-order valence-corrected chi connectivity index (χ3v) is 8.31. The summed E-state index contributed by atoms with van der Waals surface area (Å²) >= 11 is 3.36. The maximum atomic E-state index is 13.0. The van der Waals surface area contributed by atoms with Gasteiger partial charge in [-0.15, -0.1) is 16.3 Å². The molecule has 2 amide bonds. The number of hydrogen-bond donors (Lipinski definition) is 2. The molecular weight excluding hydrogens is 585 g/mol. The summed E-state index contributed by atoms with van der Waals surface area (Å²) < 4.78 is 20.0. The number of fused-ring (bicyclic) bond motifs is 2. The topological polar surface area (TPSA) is 184 Å². The summed E-state index contributed by atoms with van der Waals surface area (Å²) in [6.07, 6.45) is 5.29. The number of carbonyl (C=O) groups excluding carboxylic acids is 3. The van der Waals surface area contributed by atoms with Gasteiger partial charge in [0.15, 0.2) is 11.3 Å². The number of thioether (sulfide) groups is 2. The molecule has 40 heavy (non-hydrogen) atoms. The number of carboxylic acids is 1. The van der Waals surface area contributed by atoms with Gasteiger partial charge in [-0.25, -0.2) is 8.96 Å². The number of halogens is 1. The summed E-state index contributed by atoms with van der Waals surface area (Å²) in [7, 11) is 1.91. The van der Waals surface area contributed by atoms with Crippen molar-refractivity contribution in [2.24, 2.45) is 12.2 Å². The molecule has 3 aromatic rings. The van der Waals surface area contributed by atoms with E-state index in [2.05, 4.69) is 24.9 Å². The second-order valence-corrected chi connectivity index (χ2v) is 11.1. The van der Waals surface area contributed by atoms with E-state index in [1.807, 2.05) is 36.1 Å². The number of carboxylic acid groups (broad SMARTS) is 1. The van der Waals surface area contributed by atoms with Crippen LogP contribution in [0.25, 0.3) is 5.65 Å². The number of aromatic nitrogens is 5. The number of carbonyl (C=O) groups is 3. The van der Waals surface area contributed by atoms with E-state index in [4.69, 9.17) is 10.6 Å². The van der Waals surface area contributed by atoms with Gasteiger partial charge < -0.3 is 25.8 Å². The molecule has 3 N–H and O–H groups in total. The van der Waals surface area contributed by atoms with Crippen molar-refractivity contribution < 1.29 is 33.3 Å². The fourth-order valence-electron chi connectivity index (χ4n) is 3.92. The zero-order valence-electron chi connectivity index (χ0n) is 20.6. The number of nitrogens with two attached hydrogens (primary N) is 1. The van der Waals surface area contributed by atoms with E-state index in [1.54, 1.807) is 16.0 Å². The van der Waals surface area contributed by atoms with Crippen LogP contribution in [0.4, 0.5) is 9.52 Å². The highest BCUT2D eigenvalue weighted by Crippen LogP contribution is 2.40. The number of aliphatic carboxylic acids is 1. The van der Waals surface area contributed by atoms with Crippen LogP contribution in [0.2, 0.25) is 0 Å². The monoisotopic (exact) mass is 605 g/mol. The van der Waals surface area contributed by atoms with Crippen LogP contribution in [0, 0.1) is 0 Å². The van der Waals surface area contributed by atoms with Gasteiger partial charge in [0.1, 0.15) is 35.9 Å². The van der Waals surface area contributed by atoms with E-state index in [9.17, 15) is 23.9 Å². The van der Waals surface area contributed by atoms with Gasteiger partial charge in [-0.1, -0.05) is 22.0 Å². The van der Waals surface area contributed by atoms with Crippen molar-refractivity contribution in [1.82, 2.24) is 29.2 Å². The third-order valence-electron chi connectivity index (χ3n) is 5.74. The number of oxime groups is 1. The minimum Gasteiger partial charge on any atom is -0.543 e. The largest absolute Gasteiger partial charge is 0.543 e. The normalized spacial score (nSPS) is 19.2. The van der Waals surface area contributed by atoms with Gasteiger partial charge in [-0.05, 0) is 23.1 Å². The number of hydrogen-bond acceptors (Lipinski definition) is 13. The SMILES string of the molecule is C[n+]1ccn2nc(S/C=C/C3=C(C(=O)[O-])N4C(=O)[C@@H](NC(=O)/C(=N\OCCF)c5nsc(N)n5)[C@H]4SC3)ccc21. The lowest BCUT2D eigenvalue weighted by Gasteiger charge is -2.50. The molecule has 0 aromatic carbocycles. The minimum atomic E-state index is -1.52. The lowest BCUT2D eigenvalue weighted by Crippen LogP contribution is -2.71. The Balaban J connectivity index is 1.30. The second kappa shape index (κ2) is 11.6. The van der Waals surface area contributed by atoms with Crippen molar-refractivity contribution >= 4 is 69.3 Å². The number of nitrogen functional groups attached to an aromatic ring is 1. The molecule has 3 aromatic heterocycles. The Morgan fingerprint density at radius 1 is 1.45 bits per heavy atom. The van der Waals surface area contributed by atoms with Crippen LogP contribution in [0.5, 0.6) is 0 Å². The van der Waals surface area contributed by atoms with Gasteiger partial charge in [-0.2, -0.15) is 9.36 Å². The number of nitrogens with one attached hydrogen (secondary N) is 1. The van der Waals surface area contributed by atoms with Gasteiger partial charge in [0, 0.05) is 23.4 Å². The molecule has 0 unspecified atom stereocenters. The van der Waals surface area contributed by atoms with Crippen LogP contribution < -0.4 is 20.7 Å². The number of anilines is 1. The van der Waals surface area contributed by atoms with Crippen molar-refractivity contribution in [3.8, 4) is 0 Å². The van der Waals surface area contributed by atoms with E-state index >= 15 is 0 Å². The van der Waals surface area contributed by atoms with E-state index in [0.29, 0.717) is 10.6 Å². The Labute approximate surface area is 237 Å². The van der Waals surface area contributed by atoms with Crippen LogP contribution >= 0.6 is 35.1 Å². The van der Waals surface area contributed by atoms with Gasteiger partial charge in [0.05, 0.1) is 18.7 Å². The van der Waals surface area contributed by atoms with Crippen molar-refractivity contribution in [2.75, 3.05) is 24.8 Å². The average molecular weight is 606 g/mol. The maximum Gasteiger partial charge on any atom is 0.306 e. The number of alkyl halides is 1. The molecule has 5 rings (SSSR count). The Morgan fingerprint density at radius 3 is 3.00 bits per heavy atom. The molecule has 0 saturated carbocycles. The summed E-state index contributed by atoms with van der Waals surface area (Å²) in [5.41, 5.74) is 6.19. The predicted molar refractivity (Wildman–Crippen MR) is 141 cm³/mol. The van der Waals surface area contributed by atoms with Gasteiger partial charge in [-0.3, -0.25) is 14.5 Å². The summed E-state index contributed by atoms with van der Waals surface area (Å²) in [6, 6.07) is 2.69. The van der Waals surface area contributed by atoms with Crippen LogP contribution in [-0.4, -0.2) is 77.8 Å².